The minimum atomic E-state index is -1.26. The second-order valence-corrected chi connectivity index (χ2v) is 10.8. The zero-order valence-electron chi connectivity index (χ0n) is 22.9. The number of carbonyl (C=O) groups excluding carboxylic acids is 1. The largest absolute Gasteiger partial charge is 0.478 e. The van der Waals surface area contributed by atoms with Gasteiger partial charge in [-0.25, -0.2) is 19.2 Å². The van der Waals surface area contributed by atoms with Crippen molar-refractivity contribution in [1.29, 1.82) is 0 Å². The van der Waals surface area contributed by atoms with Crippen molar-refractivity contribution in [3.05, 3.63) is 82.4 Å². The molecular formula is C29H31ClN2O9S. The minimum absolute atomic E-state index is 0.119. The molecule has 2 aliphatic heterocycles. The minimum Gasteiger partial charge on any atom is -0.478 e. The van der Waals surface area contributed by atoms with Crippen LogP contribution in [-0.2, 0) is 19.2 Å². The summed E-state index contributed by atoms with van der Waals surface area (Å²) in [5.41, 5.74) is 3.34. The van der Waals surface area contributed by atoms with Crippen molar-refractivity contribution in [3.63, 3.8) is 0 Å². The van der Waals surface area contributed by atoms with E-state index in [1.807, 2.05) is 12.1 Å². The van der Waals surface area contributed by atoms with Crippen molar-refractivity contribution < 1.29 is 44.4 Å². The highest BCUT2D eigenvalue weighted by Crippen LogP contribution is 2.47. The first kappa shape index (κ1) is 34.2. The van der Waals surface area contributed by atoms with Crippen LogP contribution in [0.5, 0.6) is 0 Å². The zero-order valence-corrected chi connectivity index (χ0v) is 24.5. The zero-order chi connectivity index (χ0) is 31.4. The van der Waals surface area contributed by atoms with E-state index >= 15 is 0 Å². The number of aliphatic carboxylic acids is 4. The number of carbonyl (C=O) groups is 5. The van der Waals surface area contributed by atoms with E-state index in [1.165, 1.54) is 20.9 Å². The van der Waals surface area contributed by atoms with Crippen LogP contribution < -0.4 is 0 Å². The number of likely N-dealkylation sites (N-methyl/N-ethyl adjacent to an activating group) is 1. The SMILES string of the molecule is CC(=O)c1ccc2c(c1)C(CN1CCN(C)CC1)c1cc(Cl)ccc1S2.O=C(O)/C=C\C(=O)O.O=C(O)/C=C\C(=O)O. The molecule has 1 fully saturated rings. The Bertz CT molecular complexity index is 1320. The number of carboxylic acid groups (broad SMARTS) is 4. The van der Waals surface area contributed by atoms with Crippen LogP contribution in [0, 0.1) is 0 Å². The highest BCUT2D eigenvalue weighted by atomic mass is 35.5. The van der Waals surface area contributed by atoms with Crippen molar-refractivity contribution in [2.45, 2.75) is 22.6 Å². The fourth-order valence-corrected chi connectivity index (χ4v) is 5.40. The molecule has 2 aromatic rings. The molecule has 2 aromatic carbocycles. The van der Waals surface area contributed by atoms with E-state index < -0.39 is 23.9 Å². The number of nitrogens with zero attached hydrogens (tertiary/aromatic N) is 2. The summed E-state index contributed by atoms with van der Waals surface area (Å²) in [7, 11) is 2.18. The van der Waals surface area contributed by atoms with Crippen LogP contribution in [0.4, 0.5) is 0 Å². The third kappa shape index (κ3) is 11.5. The lowest BCUT2D eigenvalue weighted by molar-refractivity contribution is -0.134. The third-order valence-electron chi connectivity index (χ3n) is 6.13. The highest BCUT2D eigenvalue weighted by Gasteiger charge is 2.29. The van der Waals surface area contributed by atoms with Crippen molar-refractivity contribution in [2.24, 2.45) is 0 Å². The molecule has 13 heteroatoms. The molecule has 0 spiro atoms. The summed E-state index contributed by atoms with van der Waals surface area (Å²) < 4.78 is 0. The monoisotopic (exact) mass is 618 g/mol. The van der Waals surface area contributed by atoms with Gasteiger partial charge >= 0.3 is 23.9 Å². The van der Waals surface area contributed by atoms with Gasteiger partial charge in [0.05, 0.1) is 0 Å². The molecule has 11 nitrogen and oxygen atoms in total. The number of hydrogen-bond acceptors (Lipinski definition) is 8. The fraction of sp³-hybridized carbons (Fsp3) is 0.276. The Morgan fingerprint density at radius 2 is 1.24 bits per heavy atom. The predicted octanol–water partition coefficient (Wildman–Crippen LogP) is 3.81. The van der Waals surface area contributed by atoms with Gasteiger partial charge in [-0.15, -0.1) is 0 Å². The molecular weight excluding hydrogens is 588 g/mol. The molecule has 0 radical (unpaired) electrons. The van der Waals surface area contributed by atoms with Gasteiger partial charge in [0.1, 0.15) is 0 Å². The molecule has 4 N–H and O–H groups in total. The molecule has 1 unspecified atom stereocenters. The maximum absolute atomic E-state index is 11.9. The fourth-order valence-electron chi connectivity index (χ4n) is 4.07. The molecule has 0 amide bonds. The van der Waals surface area contributed by atoms with Crippen LogP contribution in [0.3, 0.4) is 0 Å². The number of ketones is 1. The molecule has 2 heterocycles. The number of hydrogen-bond donors (Lipinski definition) is 4. The number of benzene rings is 2. The summed E-state index contributed by atoms with van der Waals surface area (Å²) in [6, 6.07) is 12.3. The van der Waals surface area contributed by atoms with Crippen LogP contribution in [0.25, 0.3) is 0 Å². The molecule has 2 aliphatic rings. The molecule has 224 valence electrons. The van der Waals surface area contributed by atoms with Crippen LogP contribution in [0.1, 0.15) is 34.3 Å². The van der Waals surface area contributed by atoms with Crippen molar-refractivity contribution in [1.82, 2.24) is 9.80 Å². The number of rotatable bonds is 7. The third-order valence-corrected chi connectivity index (χ3v) is 7.55. The Hall–Kier alpha value is -3.97. The van der Waals surface area contributed by atoms with E-state index in [4.69, 9.17) is 32.0 Å². The van der Waals surface area contributed by atoms with Crippen molar-refractivity contribution in [2.75, 3.05) is 39.8 Å². The first-order valence-electron chi connectivity index (χ1n) is 12.6. The Kier molecular flexibility index (Phi) is 13.4. The van der Waals surface area contributed by atoms with Crippen LogP contribution >= 0.6 is 23.4 Å². The molecule has 1 saturated heterocycles. The Morgan fingerprint density at radius 1 is 0.786 bits per heavy atom. The summed E-state index contributed by atoms with van der Waals surface area (Å²) in [5, 5.41) is 32.0. The van der Waals surface area contributed by atoms with E-state index in [-0.39, 0.29) is 11.7 Å². The van der Waals surface area contributed by atoms with Gasteiger partial charge < -0.3 is 25.3 Å². The molecule has 42 heavy (non-hydrogen) atoms. The average molecular weight is 619 g/mol. The quantitative estimate of drug-likeness (QED) is 0.261. The maximum atomic E-state index is 11.9. The second-order valence-electron chi connectivity index (χ2n) is 9.27. The topological polar surface area (TPSA) is 173 Å². The number of carboxylic acids is 4. The summed E-state index contributed by atoms with van der Waals surface area (Å²) in [4.78, 5) is 57.6. The molecule has 0 bridgehead atoms. The van der Waals surface area contributed by atoms with Crippen LogP contribution in [0.2, 0.25) is 5.02 Å². The van der Waals surface area contributed by atoms with Gasteiger partial charge in [0, 0.05) is 83.3 Å². The van der Waals surface area contributed by atoms with Gasteiger partial charge in [-0.3, -0.25) is 9.69 Å². The summed E-state index contributed by atoms with van der Waals surface area (Å²) in [6.45, 7) is 6.97. The molecule has 0 saturated carbocycles. The molecule has 4 rings (SSSR count). The van der Waals surface area contributed by atoms with Crippen LogP contribution in [-0.4, -0.2) is 99.7 Å². The molecule has 0 aromatic heterocycles. The van der Waals surface area contributed by atoms with Gasteiger partial charge in [-0.1, -0.05) is 29.4 Å². The van der Waals surface area contributed by atoms with E-state index in [2.05, 4.69) is 41.1 Å². The number of fused-ring (bicyclic) bond motifs is 2. The standard InChI is InChI=1S/C21H23ClN2OS.2C4H4O4/c1-14(25)15-3-5-20-17(11-15)19(13-24-9-7-23(2)8-10-24)18-12-16(22)4-6-21(18)26-20;2*5-3(6)1-2-4(7)8/h3-6,11-12,19H,7-10,13H2,1-2H3;2*1-2H,(H,5,6)(H,7,8)/b;2*2-1-. The Morgan fingerprint density at radius 3 is 1.69 bits per heavy atom. The Labute approximate surface area is 251 Å². The van der Waals surface area contributed by atoms with Crippen LogP contribution in [0.15, 0.2) is 70.5 Å². The van der Waals surface area contributed by atoms with Crippen molar-refractivity contribution >= 4 is 53.0 Å². The lowest BCUT2D eigenvalue weighted by Gasteiger charge is -2.37. The summed E-state index contributed by atoms with van der Waals surface area (Å²) in [5.74, 6) is -4.66. The molecule has 0 aliphatic carbocycles. The van der Waals surface area contributed by atoms with E-state index in [9.17, 15) is 24.0 Å². The predicted molar refractivity (Wildman–Crippen MR) is 157 cm³/mol. The lowest BCUT2D eigenvalue weighted by Crippen LogP contribution is -2.46. The Balaban J connectivity index is 0.000000319. The van der Waals surface area contributed by atoms with E-state index in [1.54, 1.807) is 18.7 Å². The van der Waals surface area contributed by atoms with E-state index in [0.29, 0.717) is 24.3 Å². The smallest absolute Gasteiger partial charge is 0.328 e. The highest BCUT2D eigenvalue weighted by molar-refractivity contribution is 7.99. The normalized spacial score (nSPS) is 16.3. The first-order valence-corrected chi connectivity index (χ1v) is 13.8. The van der Waals surface area contributed by atoms with Crippen molar-refractivity contribution in [3.8, 4) is 0 Å². The maximum Gasteiger partial charge on any atom is 0.328 e. The van der Waals surface area contributed by atoms with Gasteiger partial charge in [0.15, 0.2) is 5.78 Å². The second kappa shape index (κ2) is 16.5. The van der Waals surface area contributed by atoms with Gasteiger partial charge in [-0.05, 0) is 55.4 Å². The number of Topliss-reactive ketones (excluding diaryl/α,β-unsaturated/α-hetero) is 1. The van der Waals surface area contributed by atoms with Gasteiger partial charge in [0.2, 0.25) is 0 Å². The van der Waals surface area contributed by atoms with Gasteiger partial charge in [0.25, 0.3) is 0 Å². The summed E-state index contributed by atoms with van der Waals surface area (Å²) >= 11 is 8.11. The lowest BCUT2D eigenvalue weighted by atomic mass is 9.88. The molecule has 1 atom stereocenters. The average Bonchev–Trinajstić information content (AvgIpc) is 2.92. The number of piperazine rings is 1. The van der Waals surface area contributed by atoms with E-state index in [0.717, 1.165) is 43.3 Å². The number of halogens is 1. The van der Waals surface area contributed by atoms with Gasteiger partial charge in [-0.2, -0.15) is 0 Å². The first-order chi connectivity index (χ1) is 19.8. The summed E-state index contributed by atoms with van der Waals surface area (Å²) in [6.07, 6.45) is 2.23.